The molecule has 20 heavy (non-hydrogen) atoms. The van der Waals surface area contributed by atoms with Gasteiger partial charge >= 0.3 is 0 Å². The predicted octanol–water partition coefficient (Wildman–Crippen LogP) is 4.01. The smallest absolute Gasteiger partial charge is 0.137 e. The van der Waals surface area contributed by atoms with Gasteiger partial charge in [0.15, 0.2) is 0 Å². The average molecular weight is 345 g/mol. The summed E-state index contributed by atoms with van der Waals surface area (Å²) < 4.78 is 40.5. The number of rotatable bonds is 4. The Morgan fingerprint density at radius 2 is 1.45 bits per heavy atom. The Balaban J connectivity index is 2.13. The van der Waals surface area contributed by atoms with Crippen molar-refractivity contribution in [2.45, 2.75) is 18.9 Å². The minimum absolute atomic E-state index is 0.103. The zero-order valence-electron chi connectivity index (χ0n) is 10.4. The summed E-state index contributed by atoms with van der Waals surface area (Å²) in [5.74, 6) is -1.82. The van der Waals surface area contributed by atoms with Crippen molar-refractivity contribution in [1.82, 2.24) is 0 Å². The fourth-order valence-electron chi connectivity index (χ4n) is 2.00. The minimum atomic E-state index is -1.00. The van der Waals surface area contributed by atoms with Gasteiger partial charge in [-0.1, -0.05) is 18.2 Å². The van der Waals surface area contributed by atoms with Gasteiger partial charge in [-0.05, 0) is 46.1 Å². The number of halogens is 4. The van der Waals surface area contributed by atoms with Crippen LogP contribution in [0, 0.1) is 17.5 Å². The molecular weight excluding hydrogens is 333 g/mol. The molecule has 1 atom stereocenters. The molecule has 0 aliphatic carbocycles. The third kappa shape index (κ3) is 3.41. The highest BCUT2D eigenvalue weighted by atomic mass is 79.9. The molecule has 5 heteroatoms. The second kappa shape index (κ2) is 6.41. The van der Waals surface area contributed by atoms with Gasteiger partial charge in [0.25, 0.3) is 0 Å². The normalized spacial score (nSPS) is 12.4. The molecule has 0 radical (unpaired) electrons. The van der Waals surface area contributed by atoms with Gasteiger partial charge in [0.2, 0.25) is 0 Å². The maximum absolute atomic E-state index is 13.5. The fraction of sp³-hybridized carbons (Fsp3) is 0.200. The zero-order chi connectivity index (χ0) is 14.7. The van der Waals surface area contributed by atoms with Crippen molar-refractivity contribution < 1.29 is 18.3 Å². The van der Waals surface area contributed by atoms with E-state index in [1.165, 1.54) is 18.2 Å². The summed E-state index contributed by atoms with van der Waals surface area (Å²) in [5, 5.41) is 9.94. The lowest BCUT2D eigenvalue weighted by Gasteiger charge is -2.13. The van der Waals surface area contributed by atoms with Crippen LogP contribution in [0.4, 0.5) is 13.2 Å². The predicted molar refractivity (Wildman–Crippen MR) is 73.9 cm³/mol. The van der Waals surface area contributed by atoms with Crippen LogP contribution in [-0.2, 0) is 12.8 Å². The summed E-state index contributed by atoms with van der Waals surface area (Å²) in [6.07, 6.45) is -1.06. The highest BCUT2D eigenvalue weighted by molar-refractivity contribution is 9.10. The average Bonchev–Trinajstić information content (AvgIpc) is 2.39. The largest absolute Gasteiger partial charge is 0.392 e. The fourth-order valence-corrected chi connectivity index (χ4v) is 2.42. The van der Waals surface area contributed by atoms with Crippen molar-refractivity contribution in [2.24, 2.45) is 0 Å². The van der Waals surface area contributed by atoms with E-state index in [0.29, 0.717) is 5.56 Å². The van der Waals surface area contributed by atoms with Crippen LogP contribution in [0.25, 0.3) is 0 Å². The highest BCUT2D eigenvalue weighted by Crippen LogP contribution is 2.23. The maximum Gasteiger partial charge on any atom is 0.137 e. The Labute approximate surface area is 123 Å². The van der Waals surface area contributed by atoms with E-state index in [1.807, 2.05) is 0 Å². The zero-order valence-corrected chi connectivity index (χ0v) is 12.0. The monoisotopic (exact) mass is 344 g/mol. The van der Waals surface area contributed by atoms with Crippen molar-refractivity contribution in [3.63, 3.8) is 0 Å². The summed E-state index contributed by atoms with van der Waals surface area (Å²) in [6, 6.07) is 8.01. The molecule has 0 heterocycles. The first kappa shape index (κ1) is 15.1. The molecule has 1 nitrogen and oxygen atoms in total. The van der Waals surface area contributed by atoms with Crippen LogP contribution in [-0.4, -0.2) is 11.2 Å². The van der Waals surface area contributed by atoms with E-state index in [-0.39, 0.29) is 22.9 Å². The van der Waals surface area contributed by atoms with Crippen molar-refractivity contribution in [3.8, 4) is 0 Å². The van der Waals surface area contributed by atoms with E-state index < -0.39 is 23.6 Å². The lowest BCUT2D eigenvalue weighted by atomic mass is 10.0. The molecule has 0 fully saturated rings. The molecule has 2 aromatic rings. The van der Waals surface area contributed by atoms with E-state index in [2.05, 4.69) is 15.9 Å². The summed E-state index contributed by atoms with van der Waals surface area (Å²) in [4.78, 5) is 0. The second-order valence-corrected chi connectivity index (χ2v) is 5.27. The summed E-state index contributed by atoms with van der Waals surface area (Å²) in [5.41, 5.74) is 0.391. The molecule has 0 amide bonds. The highest BCUT2D eigenvalue weighted by Gasteiger charge is 2.16. The van der Waals surface area contributed by atoms with E-state index >= 15 is 0 Å². The lowest BCUT2D eigenvalue weighted by molar-refractivity contribution is 0.172. The van der Waals surface area contributed by atoms with Gasteiger partial charge in [-0.3, -0.25) is 0 Å². The van der Waals surface area contributed by atoms with Gasteiger partial charge in [0.05, 0.1) is 10.6 Å². The number of hydrogen-bond acceptors (Lipinski definition) is 1. The summed E-state index contributed by atoms with van der Waals surface area (Å²) in [6.45, 7) is 0. The molecule has 0 aliphatic rings. The van der Waals surface area contributed by atoms with Crippen LogP contribution in [0.15, 0.2) is 40.9 Å². The topological polar surface area (TPSA) is 20.2 Å². The quantitative estimate of drug-likeness (QED) is 0.888. The standard InChI is InChI=1S/C15H12BrF3O/c16-15-9(3-1-6-14(15)19)7-10(20)8-11-12(17)4-2-5-13(11)18/h1-6,10,20H,7-8H2. The lowest BCUT2D eigenvalue weighted by Crippen LogP contribution is -2.16. The number of aliphatic hydroxyl groups excluding tert-OH is 1. The van der Waals surface area contributed by atoms with Crippen LogP contribution in [0.1, 0.15) is 11.1 Å². The van der Waals surface area contributed by atoms with Gasteiger partial charge in [0, 0.05) is 12.0 Å². The van der Waals surface area contributed by atoms with Crippen LogP contribution < -0.4 is 0 Å². The van der Waals surface area contributed by atoms with Crippen molar-refractivity contribution in [1.29, 1.82) is 0 Å². The Bertz CT molecular complexity index is 596. The molecule has 0 bridgehead atoms. The van der Waals surface area contributed by atoms with E-state index in [1.54, 1.807) is 6.07 Å². The van der Waals surface area contributed by atoms with Crippen LogP contribution in [0.2, 0.25) is 0 Å². The Hall–Kier alpha value is -1.33. The van der Waals surface area contributed by atoms with E-state index in [0.717, 1.165) is 12.1 Å². The molecule has 1 unspecified atom stereocenters. The van der Waals surface area contributed by atoms with Gasteiger partial charge in [-0.25, -0.2) is 13.2 Å². The Kier molecular flexibility index (Phi) is 4.83. The second-order valence-electron chi connectivity index (χ2n) is 4.48. The molecule has 1 N–H and O–H groups in total. The molecule has 0 aliphatic heterocycles. The van der Waals surface area contributed by atoms with Crippen molar-refractivity contribution in [3.05, 3.63) is 69.4 Å². The number of benzene rings is 2. The third-order valence-corrected chi connectivity index (χ3v) is 3.88. The van der Waals surface area contributed by atoms with Gasteiger partial charge in [0.1, 0.15) is 17.5 Å². The van der Waals surface area contributed by atoms with Gasteiger partial charge in [-0.15, -0.1) is 0 Å². The van der Waals surface area contributed by atoms with E-state index in [4.69, 9.17) is 0 Å². The molecule has 0 spiro atoms. The SMILES string of the molecule is OC(Cc1cccc(F)c1Br)Cc1c(F)cccc1F. The molecule has 2 rings (SSSR count). The molecule has 2 aromatic carbocycles. The van der Waals surface area contributed by atoms with Crippen LogP contribution in [0.5, 0.6) is 0 Å². The first-order chi connectivity index (χ1) is 9.49. The first-order valence-electron chi connectivity index (χ1n) is 6.03. The van der Waals surface area contributed by atoms with Crippen molar-refractivity contribution in [2.75, 3.05) is 0 Å². The van der Waals surface area contributed by atoms with Gasteiger partial charge < -0.3 is 5.11 Å². The first-order valence-corrected chi connectivity index (χ1v) is 6.82. The van der Waals surface area contributed by atoms with Crippen LogP contribution in [0.3, 0.4) is 0 Å². The van der Waals surface area contributed by atoms with Crippen LogP contribution >= 0.6 is 15.9 Å². The third-order valence-electron chi connectivity index (χ3n) is 2.99. The molecular formula is C15H12BrF3O. The van der Waals surface area contributed by atoms with Gasteiger partial charge in [-0.2, -0.15) is 0 Å². The molecule has 0 saturated heterocycles. The Morgan fingerprint density at radius 1 is 0.900 bits per heavy atom. The molecule has 0 aromatic heterocycles. The minimum Gasteiger partial charge on any atom is -0.392 e. The number of aliphatic hydroxyl groups is 1. The molecule has 0 saturated carbocycles. The Morgan fingerprint density at radius 3 is 2.10 bits per heavy atom. The molecule has 106 valence electrons. The summed E-state index contributed by atoms with van der Waals surface area (Å²) >= 11 is 3.09. The summed E-state index contributed by atoms with van der Waals surface area (Å²) in [7, 11) is 0. The van der Waals surface area contributed by atoms with Crippen molar-refractivity contribution >= 4 is 15.9 Å². The number of hydrogen-bond donors (Lipinski definition) is 1. The maximum atomic E-state index is 13.5. The van der Waals surface area contributed by atoms with E-state index in [9.17, 15) is 18.3 Å².